The molecule has 1 aromatic rings. The Labute approximate surface area is 142 Å². The van der Waals surface area contributed by atoms with Gasteiger partial charge in [0.15, 0.2) is 0 Å². The minimum Gasteiger partial charge on any atom is -0.345 e. The van der Waals surface area contributed by atoms with E-state index < -0.39 is 0 Å². The number of pyridine rings is 1. The zero-order chi connectivity index (χ0) is 16.8. The molecule has 0 aliphatic carbocycles. The average molecular weight is 378 g/mol. The molecule has 2 rings (SSSR count). The Balaban J connectivity index is 1.99. The topological polar surface area (TPSA) is 89.3 Å². The van der Waals surface area contributed by atoms with E-state index in [9.17, 15) is 14.9 Å². The summed E-state index contributed by atoms with van der Waals surface area (Å²) in [6, 6.07) is 5.44. The van der Waals surface area contributed by atoms with E-state index in [2.05, 4.69) is 26.2 Å². The molecule has 1 fully saturated rings. The minimum atomic E-state index is -0.347. The van der Waals surface area contributed by atoms with Crippen LogP contribution in [0.4, 0.5) is 5.82 Å². The normalized spacial score (nSPS) is 15.1. The molecule has 0 atom stereocenters. The van der Waals surface area contributed by atoms with Gasteiger partial charge in [-0.15, -0.1) is 0 Å². The third-order valence-electron chi connectivity index (χ3n) is 3.45. The second kappa shape index (κ2) is 7.74. The highest BCUT2D eigenvalue weighted by Crippen LogP contribution is 2.12. The van der Waals surface area contributed by atoms with E-state index in [-0.39, 0.29) is 17.4 Å². The average Bonchev–Trinajstić information content (AvgIpc) is 2.57. The summed E-state index contributed by atoms with van der Waals surface area (Å²) in [4.78, 5) is 31.0. The van der Waals surface area contributed by atoms with E-state index in [1.54, 1.807) is 28.1 Å². The predicted molar refractivity (Wildman–Crippen MR) is 88.1 cm³/mol. The molecule has 8 heteroatoms. The van der Waals surface area contributed by atoms with E-state index in [1.807, 2.05) is 6.07 Å². The summed E-state index contributed by atoms with van der Waals surface area (Å²) >= 11 is 3.28. The molecule has 1 saturated heterocycles. The van der Waals surface area contributed by atoms with Gasteiger partial charge in [-0.25, -0.2) is 4.98 Å². The van der Waals surface area contributed by atoms with Crippen LogP contribution >= 0.6 is 15.9 Å². The zero-order valence-electron chi connectivity index (χ0n) is 12.6. The molecule has 120 valence electrons. The molecule has 0 aromatic carbocycles. The second-order valence-corrected chi connectivity index (χ2v) is 5.89. The van der Waals surface area contributed by atoms with Gasteiger partial charge in [0.1, 0.15) is 17.5 Å². The summed E-state index contributed by atoms with van der Waals surface area (Å²) in [5.74, 6) is 0.187. The highest BCUT2D eigenvalue weighted by molar-refractivity contribution is 9.10. The SMILES string of the molecule is CC(=O)N1CCN(C(=O)/C(C#N)=C\Nc2ccc(Br)cn2)CC1. The molecule has 1 aromatic heterocycles. The molecule has 1 aliphatic heterocycles. The Kier molecular flexibility index (Phi) is 5.71. The van der Waals surface area contributed by atoms with Gasteiger partial charge < -0.3 is 15.1 Å². The van der Waals surface area contributed by atoms with Crippen LogP contribution in [0.15, 0.2) is 34.6 Å². The van der Waals surface area contributed by atoms with E-state index >= 15 is 0 Å². The van der Waals surface area contributed by atoms with Gasteiger partial charge in [-0.3, -0.25) is 9.59 Å². The quantitative estimate of drug-likeness (QED) is 0.634. The number of nitrogens with one attached hydrogen (secondary N) is 1. The van der Waals surface area contributed by atoms with Crippen LogP contribution < -0.4 is 5.32 Å². The van der Waals surface area contributed by atoms with Gasteiger partial charge >= 0.3 is 0 Å². The molecular weight excluding hydrogens is 362 g/mol. The lowest BCUT2D eigenvalue weighted by molar-refractivity contribution is -0.136. The van der Waals surface area contributed by atoms with Gasteiger partial charge in [-0.2, -0.15) is 5.26 Å². The summed E-state index contributed by atoms with van der Waals surface area (Å²) in [7, 11) is 0. The number of hydrogen-bond acceptors (Lipinski definition) is 5. The zero-order valence-corrected chi connectivity index (χ0v) is 14.2. The van der Waals surface area contributed by atoms with Crippen molar-refractivity contribution >= 4 is 33.6 Å². The molecule has 2 heterocycles. The van der Waals surface area contributed by atoms with E-state index in [1.165, 1.54) is 13.1 Å². The number of hydrogen-bond donors (Lipinski definition) is 1. The maximum absolute atomic E-state index is 12.3. The molecular formula is C15H16BrN5O2. The minimum absolute atomic E-state index is 0.00359. The standard InChI is InChI=1S/C15H16BrN5O2/c1-11(22)20-4-6-21(7-5-20)15(23)12(8-17)9-18-14-3-2-13(16)10-19-14/h2-3,9-10H,4-7H2,1H3,(H,18,19)/b12-9-. The van der Waals surface area contributed by atoms with E-state index in [0.717, 1.165) is 4.47 Å². The van der Waals surface area contributed by atoms with Crippen molar-refractivity contribution < 1.29 is 9.59 Å². The third-order valence-corrected chi connectivity index (χ3v) is 3.92. The number of carbonyl (C=O) groups is 2. The van der Waals surface area contributed by atoms with Crippen LogP contribution in [-0.2, 0) is 9.59 Å². The first-order chi connectivity index (χ1) is 11.0. The first kappa shape index (κ1) is 17.0. The number of aromatic nitrogens is 1. The lowest BCUT2D eigenvalue weighted by Crippen LogP contribution is -2.50. The molecule has 23 heavy (non-hydrogen) atoms. The molecule has 0 bridgehead atoms. The van der Waals surface area contributed by atoms with Crippen LogP contribution in [0.5, 0.6) is 0 Å². The van der Waals surface area contributed by atoms with Gasteiger partial charge in [0.2, 0.25) is 5.91 Å². The molecule has 1 aliphatic rings. The number of halogens is 1. The Morgan fingerprint density at radius 2 is 1.96 bits per heavy atom. The van der Waals surface area contributed by atoms with Crippen molar-refractivity contribution in [3.8, 4) is 6.07 Å². The summed E-state index contributed by atoms with van der Waals surface area (Å²) in [5, 5.41) is 12.0. The van der Waals surface area contributed by atoms with Crippen molar-refractivity contribution in [1.29, 1.82) is 5.26 Å². The van der Waals surface area contributed by atoms with Crippen LogP contribution in [0.25, 0.3) is 0 Å². The first-order valence-electron chi connectivity index (χ1n) is 7.04. The number of amides is 2. The Morgan fingerprint density at radius 1 is 1.30 bits per heavy atom. The fourth-order valence-electron chi connectivity index (χ4n) is 2.14. The number of piperazine rings is 1. The van der Waals surface area contributed by atoms with Crippen LogP contribution in [0.3, 0.4) is 0 Å². The van der Waals surface area contributed by atoms with Crippen molar-refractivity contribution in [2.75, 3.05) is 31.5 Å². The molecule has 1 N–H and O–H groups in total. The maximum atomic E-state index is 12.3. The van der Waals surface area contributed by atoms with Crippen molar-refractivity contribution in [2.45, 2.75) is 6.92 Å². The summed E-state index contributed by atoms with van der Waals surface area (Å²) in [6.07, 6.45) is 2.97. The largest absolute Gasteiger partial charge is 0.345 e. The van der Waals surface area contributed by atoms with Crippen LogP contribution in [-0.4, -0.2) is 52.8 Å². The van der Waals surface area contributed by atoms with Crippen molar-refractivity contribution in [2.24, 2.45) is 0 Å². The molecule has 0 saturated carbocycles. The first-order valence-corrected chi connectivity index (χ1v) is 7.83. The van der Waals surface area contributed by atoms with Gasteiger partial charge in [-0.1, -0.05) is 0 Å². The number of carbonyl (C=O) groups excluding carboxylic acids is 2. The Hall–Kier alpha value is -2.40. The van der Waals surface area contributed by atoms with Gasteiger partial charge in [0, 0.05) is 50.0 Å². The smallest absolute Gasteiger partial charge is 0.266 e. The molecule has 0 radical (unpaired) electrons. The predicted octanol–water partition coefficient (Wildman–Crippen LogP) is 1.35. The van der Waals surface area contributed by atoms with Crippen LogP contribution in [0.1, 0.15) is 6.92 Å². The van der Waals surface area contributed by atoms with Gasteiger partial charge in [0.05, 0.1) is 0 Å². The number of nitrogens with zero attached hydrogens (tertiary/aromatic N) is 4. The number of nitriles is 1. The molecule has 2 amide bonds. The Morgan fingerprint density at radius 3 is 2.48 bits per heavy atom. The number of anilines is 1. The van der Waals surface area contributed by atoms with Crippen molar-refractivity contribution in [1.82, 2.24) is 14.8 Å². The molecule has 0 unspecified atom stereocenters. The molecule has 7 nitrogen and oxygen atoms in total. The second-order valence-electron chi connectivity index (χ2n) is 4.97. The van der Waals surface area contributed by atoms with Crippen molar-refractivity contribution in [3.63, 3.8) is 0 Å². The van der Waals surface area contributed by atoms with Gasteiger partial charge in [0.25, 0.3) is 5.91 Å². The number of rotatable bonds is 3. The fourth-order valence-corrected chi connectivity index (χ4v) is 2.38. The maximum Gasteiger partial charge on any atom is 0.266 e. The van der Waals surface area contributed by atoms with E-state index in [4.69, 9.17) is 0 Å². The summed E-state index contributed by atoms with van der Waals surface area (Å²) in [6.45, 7) is 3.33. The van der Waals surface area contributed by atoms with Gasteiger partial charge in [-0.05, 0) is 28.1 Å². The summed E-state index contributed by atoms with van der Waals surface area (Å²) in [5.41, 5.74) is 0.00555. The summed E-state index contributed by atoms with van der Waals surface area (Å²) < 4.78 is 0.840. The highest BCUT2D eigenvalue weighted by atomic mass is 79.9. The fraction of sp³-hybridized carbons (Fsp3) is 0.333. The Bertz CT molecular complexity index is 657. The lowest BCUT2D eigenvalue weighted by Gasteiger charge is -2.34. The third kappa shape index (κ3) is 4.53. The monoisotopic (exact) mass is 377 g/mol. The molecule has 0 spiro atoms. The lowest BCUT2D eigenvalue weighted by atomic mass is 10.2. The van der Waals surface area contributed by atoms with E-state index in [0.29, 0.717) is 32.0 Å². The van der Waals surface area contributed by atoms with Crippen LogP contribution in [0.2, 0.25) is 0 Å². The highest BCUT2D eigenvalue weighted by Gasteiger charge is 2.24. The van der Waals surface area contributed by atoms with Crippen molar-refractivity contribution in [3.05, 3.63) is 34.6 Å². The van der Waals surface area contributed by atoms with Crippen LogP contribution in [0, 0.1) is 11.3 Å².